The lowest BCUT2D eigenvalue weighted by Crippen LogP contribution is -2.34. The number of anilines is 1. The molecular formula is C13H18N2O. The first-order valence-corrected chi connectivity index (χ1v) is 5.80. The maximum absolute atomic E-state index is 12.0. The van der Waals surface area contributed by atoms with Crippen LogP contribution in [0, 0.1) is 12.8 Å². The highest BCUT2D eigenvalue weighted by Crippen LogP contribution is 2.25. The van der Waals surface area contributed by atoms with Crippen molar-refractivity contribution in [2.45, 2.75) is 32.2 Å². The Morgan fingerprint density at radius 1 is 1.38 bits per heavy atom. The van der Waals surface area contributed by atoms with Crippen molar-refractivity contribution in [3.63, 3.8) is 0 Å². The Morgan fingerprint density at radius 2 is 2.12 bits per heavy atom. The predicted octanol–water partition coefficient (Wildman–Crippen LogP) is 2.06. The molecule has 0 heterocycles. The topological polar surface area (TPSA) is 55.1 Å². The number of hydrogen-bond donors (Lipinski definition) is 2. The van der Waals surface area contributed by atoms with Crippen LogP contribution < -0.4 is 11.1 Å². The monoisotopic (exact) mass is 218 g/mol. The van der Waals surface area contributed by atoms with Gasteiger partial charge in [0.05, 0.1) is 5.92 Å². The Morgan fingerprint density at radius 3 is 2.75 bits per heavy atom. The van der Waals surface area contributed by atoms with Gasteiger partial charge in [0.25, 0.3) is 0 Å². The third-order valence-electron chi connectivity index (χ3n) is 3.31. The van der Waals surface area contributed by atoms with Crippen LogP contribution >= 0.6 is 0 Å². The molecule has 86 valence electrons. The number of nitrogens with one attached hydrogen (secondary N) is 1. The molecule has 3 nitrogen and oxygen atoms in total. The van der Waals surface area contributed by atoms with Crippen LogP contribution in [0.15, 0.2) is 24.3 Å². The molecule has 2 rings (SSSR count). The van der Waals surface area contributed by atoms with E-state index < -0.39 is 0 Å². The number of carbonyl (C=O) groups is 1. The van der Waals surface area contributed by atoms with Gasteiger partial charge in [0.1, 0.15) is 0 Å². The zero-order valence-corrected chi connectivity index (χ0v) is 9.57. The lowest BCUT2D eigenvalue weighted by molar-refractivity contribution is -0.120. The van der Waals surface area contributed by atoms with E-state index in [2.05, 4.69) is 5.32 Å². The molecule has 1 amide bonds. The maximum Gasteiger partial charge on any atom is 0.229 e. The number of amides is 1. The lowest BCUT2D eigenvalue weighted by atomic mass is 10.0. The summed E-state index contributed by atoms with van der Waals surface area (Å²) in [5, 5.41) is 2.96. The van der Waals surface area contributed by atoms with Gasteiger partial charge >= 0.3 is 0 Å². The molecule has 0 bridgehead atoms. The summed E-state index contributed by atoms with van der Waals surface area (Å²) in [6.07, 6.45) is 2.94. The zero-order valence-electron chi connectivity index (χ0n) is 9.57. The third-order valence-corrected chi connectivity index (χ3v) is 3.31. The van der Waals surface area contributed by atoms with Gasteiger partial charge < -0.3 is 11.1 Å². The Labute approximate surface area is 96.0 Å². The van der Waals surface area contributed by atoms with Crippen LogP contribution in [0.3, 0.4) is 0 Å². The highest BCUT2D eigenvalue weighted by atomic mass is 16.1. The number of hydrogen-bond acceptors (Lipinski definition) is 2. The van der Waals surface area contributed by atoms with E-state index >= 15 is 0 Å². The Hall–Kier alpha value is -1.35. The van der Waals surface area contributed by atoms with Crippen LogP contribution in [0.5, 0.6) is 0 Å². The largest absolute Gasteiger partial charge is 0.327 e. The molecule has 0 aromatic heterocycles. The number of nitrogens with two attached hydrogens (primary N) is 1. The van der Waals surface area contributed by atoms with E-state index in [0.29, 0.717) is 0 Å². The summed E-state index contributed by atoms with van der Waals surface area (Å²) in [6.45, 7) is 1.99. The highest BCUT2D eigenvalue weighted by Gasteiger charge is 2.30. The molecule has 0 saturated heterocycles. The quantitative estimate of drug-likeness (QED) is 0.798. The Kier molecular flexibility index (Phi) is 3.25. The van der Waals surface area contributed by atoms with Gasteiger partial charge in [-0.2, -0.15) is 0 Å². The minimum absolute atomic E-state index is 0.0143. The zero-order chi connectivity index (χ0) is 11.5. The normalized spacial score (nSPS) is 24.4. The third kappa shape index (κ3) is 2.25. The first-order valence-electron chi connectivity index (χ1n) is 5.80. The summed E-state index contributed by atoms with van der Waals surface area (Å²) in [5.41, 5.74) is 7.89. The second kappa shape index (κ2) is 4.66. The first kappa shape index (κ1) is 11.1. The van der Waals surface area contributed by atoms with Crippen molar-refractivity contribution in [1.29, 1.82) is 0 Å². The van der Waals surface area contributed by atoms with Gasteiger partial charge in [-0.15, -0.1) is 0 Å². The molecule has 1 aromatic rings. The van der Waals surface area contributed by atoms with Crippen molar-refractivity contribution >= 4 is 11.6 Å². The molecule has 1 aromatic carbocycles. The first-order chi connectivity index (χ1) is 7.68. The molecule has 0 aliphatic heterocycles. The molecule has 16 heavy (non-hydrogen) atoms. The van der Waals surface area contributed by atoms with Gasteiger partial charge in [-0.25, -0.2) is 0 Å². The number of carbonyl (C=O) groups excluding carboxylic acids is 1. The van der Waals surface area contributed by atoms with E-state index in [0.717, 1.165) is 30.5 Å². The average Bonchev–Trinajstić information content (AvgIpc) is 2.68. The van der Waals surface area contributed by atoms with Crippen molar-refractivity contribution in [2.75, 3.05) is 5.32 Å². The highest BCUT2D eigenvalue weighted by molar-refractivity contribution is 5.93. The number of aryl methyl sites for hydroxylation is 1. The van der Waals surface area contributed by atoms with Gasteiger partial charge in [0.2, 0.25) is 5.91 Å². The van der Waals surface area contributed by atoms with Gasteiger partial charge in [-0.3, -0.25) is 4.79 Å². The van der Waals surface area contributed by atoms with Crippen LogP contribution in [0.4, 0.5) is 5.69 Å². The molecule has 1 saturated carbocycles. The van der Waals surface area contributed by atoms with E-state index in [-0.39, 0.29) is 17.9 Å². The summed E-state index contributed by atoms with van der Waals surface area (Å²) in [6, 6.07) is 7.84. The smallest absolute Gasteiger partial charge is 0.229 e. The number of benzene rings is 1. The SMILES string of the molecule is Cc1ccccc1NC(=O)C1CCCC1N. The van der Waals surface area contributed by atoms with Gasteiger partial charge in [-0.05, 0) is 31.4 Å². The second-order valence-electron chi connectivity index (χ2n) is 4.51. The van der Waals surface area contributed by atoms with E-state index in [9.17, 15) is 4.79 Å². The van der Waals surface area contributed by atoms with Crippen molar-refractivity contribution in [3.8, 4) is 0 Å². The van der Waals surface area contributed by atoms with Crippen molar-refractivity contribution in [3.05, 3.63) is 29.8 Å². The molecule has 2 atom stereocenters. The fourth-order valence-electron chi connectivity index (χ4n) is 2.25. The fourth-order valence-corrected chi connectivity index (χ4v) is 2.25. The maximum atomic E-state index is 12.0. The fraction of sp³-hybridized carbons (Fsp3) is 0.462. The Bertz CT molecular complexity index is 389. The van der Waals surface area contributed by atoms with E-state index in [1.54, 1.807) is 0 Å². The molecule has 0 radical (unpaired) electrons. The van der Waals surface area contributed by atoms with E-state index in [1.165, 1.54) is 0 Å². The van der Waals surface area contributed by atoms with Gasteiger partial charge in [0, 0.05) is 11.7 Å². The standard InChI is InChI=1S/C13H18N2O/c1-9-5-2-3-8-12(9)15-13(16)10-6-4-7-11(10)14/h2-3,5,8,10-11H,4,6-7,14H2,1H3,(H,15,16). The van der Waals surface area contributed by atoms with Crippen LogP contribution in [-0.2, 0) is 4.79 Å². The van der Waals surface area contributed by atoms with E-state index in [1.807, 2.05) is 31.2 Å². The summed E-state index contributed by atoms with van der Waals surface area (Å²) < 4.78 is 0. The molecular weight excluding hydrogens is 200 g/mol. The van der Waals surface area contributed by atoms with E-state index in [4.69, 9.17) is 5.73 Å². The average molecular weight is 218 g/mol. The van der Waals surface area contributed by atoms with Crippen LogP contribution in [0.2, 0.25) is 0 Å². The van der Waals surface area contributed by atoms with Gasteiger partial charge in [0.15, 0.2) is 0 Å². The molecule has 3 heteroatoms. The van der Waals surface area contributed by atoms with Crippen molar-refractivity contribution in [1.82, 2.24) is 0 Å². The molecule has 3 N–H and O–H groups in total. The minimum Gasteiger partial charge on any atom is -0.327 e. The van der Waals surface area contributed by atoms with Crippen molar-refractivity contribution in [2.24, 2.45) is 11.7 Å². The summed E-state index contributed by atoms with van der Waals surface area (Å²) in [4.78, 5) is 12.0. The molecule has 1 fully saturated rings. The van der Waals surface area contributed by atoms with Crippen molar-refractivity contribution < 1.29 is 4.79 Å². The van der Waals surface area contributed by atoms with Gasteiger partial charge in [-0.1, -0.05) is 24.6 Å². The molecule has 1 aliphatic rings. The molecule has 2 unspecified atom stereocenters. The molecule has 1 aliphatic carbocycles. The Balaban J connectivity index is 2.05. The number of para-hydroxylation sites is 1. The van der Waals surface area contributed by atoms with Crippen LogP contribution in [-0.4, -0.2) is 11.9 Å². The predicted molar refractivity (Wildman–Crippen MR) is 65.1 cm³/mol. The summed E-state index contributed by atoms with van der Waals surface area (Å²) >= 11 is 0. The number of rotatable bonds is 2. The van der Waals surface area contributed by atoms with Crippen LogP contribution in [0.1, 0.15) is 24.8 Å². The summed E-state index contributed by atoms with van der Waals surface area (Å²) in [5.74, 6) is 0.0545. The lowest BCUT2D eigenvalue weighted by Gasteiger charge is -2.16. The summed E-state index contributed by atoms with van der Waals surface area (Å²) in [7, 11) is 0. The second-order valence-corrected chi connectivity index (χ2v) is 4.51. The minimum atomic E-state index is -0.0143. The molecule has 0 spiro atoms. The van der Waals surface area contributed by atoms with Crippen LogP contribution in [0.25, 0.3) is 0 Å².